The smallest absolute Gasteiger partial charge is 0.177 e. The Morgan fingerprint density at radius 2 is 1.37 bits per heavy atom. The first-order valence-electron chi connectivity index (χ1n) is 9.43. The maximum atomic E-state index is 13.4. The average molecular weight is 370 g/mol. The van der Waals surface area contributed by atoms with Crippen molar-refractivity contribution in [1.29, 1.82) is 0 Å². The number of aliphatic hydroxyl groups excluding tert-OH is 1. The van der Waals surface area contributed by atoms with Gasteiger partial charge in [-0.2, -0.15) is 0 Å². The summed E-state index contributed by atoms with van der Waals surface area (Å²) in [7, 11) is 0. The summed E-state index contributed by atoms with van der Waals surface area (Å²) in [5.41, 5.74) is -2.39. The molecule has 0 amide bonds. The molecule has 1 heterocycles. The van der Waals surface area contributed by atoms with Gasteiger partial charge in [0.05, 0.1) is 5.57 Å². The van der Waals surface area contributed by atoms with Crippen molar-refractivity contribution in [1.82, 2.24) is 0 Å². The van der Waals surface area contributed by atoms with E-state index in [-0.39, 0.29) is 59.9 Å². The largest absolute Gasteiger partial charge is 0.512 e. The summed E-state index contributed by atoms with van der Waals surface area (Å²) in [6, 6.07) is 5.48. The van der Waals surface area contributed by atoms with Crippen molar-refractivity contribution in [2.45, 2.75) is 59.9 Å². The fourth-order valence-corrected chi connectivity index (χ4v) is 4.51. The standard InChI is InChI=1S/C22H27NO4/c1-20(2)10-15(24)19(16(25)11-20)22(14-23-8-6-5-7-9-23)17(26)12-21(3,4)13-18(22)27/h5-9H,10-14H2,1-4H3/p+1. The van der Waals surface area contributed by atoms with E-state index in [9.17, 15) is 19.5 Å². The van der Waals surface area contributed by atoms with Gasteiger partial charge in [0.2, 0.25) is 0 Å². The minimum Gasteiger partial charge on any atom is -0.512 e. The first-order valence-corrected chi connectivity index (χ1v) is 9.43. The number of aliphatic hydroxyl groups is 1. The molecule has 0 atom stereocenters. The molecule has 2 aliphatic carbocycles. The molecule has 1 aromatic heterocycles. The first kappa shape index (κ1) is 19.5. The third kappa shape index (κ3) is 3.47. The van der Waals surface area contributed by atoms with Crippen LogP contribution in [-0.2, 0) is 20.9 Å². The summed E-state index contributed by atoms with van der Waals surface area (Å²) in [5, 5.41) is 10.8. The molecule has 2 aliphatic rings. The third-order valence-corrected chi connectivity index (χ3v) is 5.71. The number of hydrogen-bond acceptors (Lipinski definition) is 4. The Balaban J connectivity index is 2.19. The summed E-state index contributed by atoms with van der Waals surface area (Å²) < 4.78 is 1.75. The summed E-state index contributed by atoms with van der Waals surface area (Å²) in [6.45, 7) is 7.65. The molecular weight excluding hydrogens is 342 g/mol. The second-order valence-electron chi connectivity index (χ2n) is 9.58. The van der Waals surface area contributed by atoms with Crippen molar-refractivity contribution in [2.75, 3.05) is 0 Å². The normalized spacial score (nSPS) is 24.2. The van der Waals surface area contributed by atoms with Gasteiger partial charge in [-0.25, -0.2) is 4.57 Å². The second kappa shape index (κ2) is 6.39. The molecule has 144 valence electrons. The summed E-state index contributed by atoms with van der Waals surface area (Å²) in [5.74, 6) is -0.930. The Morgan fingerprint density at radius 1 is 0.852 bits per heavy atom. The Labute approximate surface area is 160 Å². The number of Topliss-reactive ketones (excluding diaryl/α,β-unsaturated/α-hetero) is 3. The second-order valence-corrected chi connectivity index (χ2v) is 9.58. The van der Waals surface area contributed by atoms with E-state index in [1.54, 1.807) is 17.0 Å². The summed E-state index contributed by atoms with van der Waals surface area (Å²) in [6.07, 6.45) is 4.48. The molecule has 5 heteroatoms. The minimum absolute atomic E-state index is 0.0312. The van der Waals surface area contributed by atoms with E-state index < -0.39 is 10.8 Å². The Kier molecular flexibility index (Phi) is 4.61. The number of carbonyl (C=O) groups is 3. The number of allylic oxidation sites excluding steroid dienone is 2. The minimum atomic E-state index is -1.60. The Bertz CT molecular complexity index is 813. The lowest BCUT2D eigenvalue weighted by atomic mass is 9.57. The molecular formula is C22H28NO4+. The number of aromatic nitrogens is 1. The monoisotopic (exact) mass is 370 g/mol. The maximum absolute atomic E-state index is 13.4. The van der Waals surface area contributed by atoms with Gasteiger partial charge in [0, 0.05) is 37.8 Å². The number of carbonyl (C=O) groups excluding carboxylic acids is 3. The van der Waals surface area contributed by atoms with Crippen LogP contribution in [-0.4, -0.2) is 22.5 Å². The van der Waals surface area contributed by atoms with E-state index >= 15 is 0 Å². The van der Waals surface area contributed by atoms with E-state index in [0.29, 0.717) is 6.42 Å². The van der Waals surface area contributed by atoms with Crippen LogP contribution >= 0.6 is 0 Å². The van der Waals surface area contributed by atoms with Crippen molar-refractivity contribution < 1.29 is 24.1 Å². The highest BCUT2D eigenvalue weighted by atomic mass is 16.3. The van der Waals surface area contributed by atoms with Crippen LogP contribution in [0.25, 0.3) is 0 Å². The molecule has 5 nitrogen and oxygen atoms in total. The van der Waals surface area contributed by atoms with Gasteiger partial charge in [0.15, 0.2) is 41.7 Å². The number of hydrogen-bond donors (Lipinski definition) is 1. The highest BCUT2D eigenvalue weighted by Gasteiger charge is 2.60. The van der Waals surface area contributed by atoms with Gasteiger partial charge in [-0.05, 0) is 10.8 Å². The maximum Gasteiger partial charge on any atom is 0.177 e. The fourth-order valence-electron chi connectivity index (χ4n) is 4.51. The van der Waals surface area contributed by atoms with E-state index in [2.05, 4.69) is 0 Å². The molecule has 0 spiro atoms. The number of ketones is 3. The topological polar surface area (TPSA) is 75.3 Å². The molecule has 0 unspecified atom stereocenters. The van der Waals surface area contributed by atoms with Gasteiger partial charge in [-0.15, -0.1) is 0 Å². The molecule has 1 fully saturated rings. The summed E-state index contributed by atoms with van der Waals surface area (Å²) in [4.78, 5) is 39.8. The molecule has 0 aliphatic heterocycles. The highest BCUT2D eigenvalue weighted by molar-refractivity contribution is 6.19. The molecule has 1 aromatic rings. The van der Waals surface area contributed by atoms with E-state index in [1.165, 1.54) is 0 Å². The van der Waals surface area contributed by atoms with Crippen LogP contribution in [0.1, 0.15) is 53.4 Å². The first-order chi connectivity index (χ1) is 12.5. The van der Waals surface area contributed by atoms with Crippen LogP contribution in [0.2, 0.25) is 0 Å². The van der Waals surface area contributed by atoms with Gasteiger partial charge in [-0.3, -0.25) is 14.4 Å². The SMILES string of the molecule is CC1(C)CC(=O)C(C[n+]2ccccc2)(C2=C(O)CC(C)(C)CC2=O)C(=O)C1. The Hall–Kier alpha value is -2.30. The molecule has 27 heavy (non-hydrogen) atoms. The molecule has 1 saturated carbocycles. The third-order valence-electron chi connectivity index (χ3n) is 5.71. The van der Waals surface area contributed by atoms with Gasteiger partial charge in [0.25, 0.3) is 0 Å². The van der Waals surface area contributed by atoms with Crippen LogP contribution in [0, 0.1) is 16.2 Å². The average Bonchev–Trinajstić information content (AvgIpc) is 2.50. The van der Waals surface area contributed by atoms with E-state index in [1.807, 2.05) is 45.9 Å². The molecule has 1 N–H and O–H groups in total. The zero-order chi connectivity index (χ0) is 20.0. The van der Waals surface area contributed by atoms with Crippen molar-refractivity contribution in [3.05, 3.63) is 41.9 Å². The van der Waals surface area contributed by atoms with Crippen molar-refractivity contribution in [3.8, 4) is 0 Å². The van der Waals surface area contributed by atoms with Gasteiger partial charge < -0.3 is 5.11 Å². The lowest BCUT2D eigenvalue weighted by Gasteiger charge is -2.42. The zero-order valence-corrected chi connectivity index (χ0v) is 16.5. The van der Waals surface area contributed by atoms with Crippen LogP contribution in [0.15, 0.2) is 41.9 Å². The van der Waals surface area contributed by atoms with Crippen molar-refractivity contribution >= 4 is 17.3 Å². The van der Waals surface area contributed by atoms with Crippen LogP contribution in [0.5, 0.6) is 0 Å². The summed E-state index contributed by atoms with van der Waals surface area (Å²) >= 11 is 0. The fraction of sp³-hybridized carbons (Fsp3) is 0.545. The zero-order valence-electron chi connectivity index (χ0n) is 16.5. The number of nitrogens with zero attached hydrogens (tertiary/aromatic N) is 1. The van der Waals surface area contributed by atoms with Crippen LogP contribution in [0.3, 0.4) is 0 Å². The van der Waals surface area contributed by atoms with Gasteiger partial charge in [0.1, 0.15) is 5.76 Å². The van der Waals surface area contributed by atoms with Gasteiger partial charge in [-0.1, -0.05) is 33.8 Å². The lowest BCUT2D eigenvalue weighted by molar-refractivity contribution is -0.703. The predicted molar refractivity (Wildman–Crippen MR) is 99.8 cm³/mol. The van der Waals surface area contributed by atoms with E-state index in [0.717, 1.165) is 0 Å². The Morgan fingerprint density at radius 3 is 1.89 bits per heavy atom. The predicted octanol–water partition coefficient (Wildman–Crippen LogP) is 3.12. The van der Waals surface area contributed by atoms with Gasteiger partial charge >= 0.3 is 0 Å². The number of pyridine rings is 1. The molecule has 0 radical (unpaired) electrons. The quantitative estimate of drug-likeness (QED) is 0.655. The van der Waals surface area contributed by atoms with E-state index in [4.69, 9.17) is 0 Å². The van der Waals surface area contributed by atoms with Crippen LogP contribution in [0.4, 0.5) is 0 Å². The molecule has 0 aromatic carbocycles. The highest BCUT2D eigenvalue weighted by Crippen LogP contribution is 2.49. The molecule has 3 rings (SSSR count). The molecule has 0 saturated heterocycles. The number of rotatable bonds is 3. The van der Waals surface area contributed by atoms with Crippen LogP contribution < -0.4 is 4.57 Å². The molecule has 0 bridgehead atoms. The van der Waals surface area contributed by atoms with Crippen molar-refractivity contribution in [3.63, 3.8) is 0 Å². The lowest BCUT2D eigenvalue weighted by Crippen LogP contribution is -2.58. The van der Waals surface area contributed by atoms with Crippen molar-refractivity contribution in [2.24, 2.45) is 16.2 Å².